The third-order valence-corrected chi connectivity index (χ3v) is 4.52. The molecule has 1 atom stereocenters. The van der Waals surface area contributed by atoms with Crippen LogP contribution in [0.25, 0.3) is 5.52 Å². The monoisotopic (exact) mass is 316 g/mol. The van der Waals surface area contributed by atoms with Crippen molar-refractivity contribution in [3.05, 3.63) is 36.4 Å². The SMILES string of the molecule is CC1CCN(CC(O)CNC(=O)c2ccn3cncc3c2)CC1. The van der Waals surface area contributed by atoms with Crippen molar-refractivity contribution in [3.63, 3.8) is 0 Å². The fraction of sp³-hybridized carbons (Fsp3) is 0.529. The highest BCUT2D eigenvalue weighted by Gasteiger charge is 2.18. The number of amides is 1. The van der Waals surface area contributed by atoms with Crippen LogP contribution in [0.2, 0.25) is 0 Å². The van der Waals surface area contributed by atoms with Crippen LogP contribution >= 0.6 is 0 Å². The highest BCUT2D eigenvalue weighted by atomic mass is 16.3. The summed E-state index contributed by atoms with van der Waals surface area (Å²) in [5, 5.41) is 12.9. The van der Waals surface area contributed by atoms with Crippen molar-refractivity contribution in [2.75, 3.05) is 26.2 Å². The van der Waals surface area contributed by atoms with Crippen LogP contribution in [0, 0.1) is 5.92 Å². The standard InChI is InChI=1S/C17H24N4O2/c1-13-2-5-20(6-3-13)11-16(22)10-19-17(23)14-4-7-21-12-18-9-15(21)8-14/h4,7-9,12-13,16,22H,2-3,5-6,10-11H2,1H3,(H,19,23). The van der Waals surface area contributed by atoms with Gasteiger partial charge < -0.3 is 19.7 Å². The molecule has 1 aliphatic rings. The molecule has 124 valence electrons. The molecule has 6 heteroatoms. The van der Waals surface area contributed by atoms with Crippen LogP contribution in [0.15, 0.2) is 30.9 Å². The van der Waals surface area contributed by atoms with Gasteiger partial charge in [0.05, 0.1) is 24.1 Å². The van der Waals surface area contributed by atoms with E-state index >= 15 is 0 Å². The summed E-state index contributed by atoms with van der Waals surface area (Å²) in [6.45, 7) is 5.23. The Balaban J connectivity index is 1.48. The van der Waals surface area contributed by atoms with E-state index in [1.165, 1.54) is 12.8 Å². The van der Waals surface area contributed by atoms with Crippen LogP contribution in [-0.2, 0) is 0 Å². The molecule has 1 saturated heterocycles. The summed E-state index contributed by atoms with van der Waals surface area (Å²) in [4.78, 5) is 18.5. The Kier molecular flexibility index (Phi) is 4.93. The molecule has 3 rings (SSSR count). The van der Waals surface area contributed by atoms with E-state index < -0.39 is 6.10 Å². The van der Waals surface area contributed by atoms with Crippen molar-refractivity contribution >= 4 is 11.4 Å². The lowest BCUT2D eigenvalue weighted by atomic mass is 9.99. The van der Waals surface area contributed by atoms with Crippen LogP contribution in [0.5, 0.6) is 0 Å². The number of fused-ring (bicyclic) bond motifs is 1. The molecule has 0 aromatic carbocycles. The van der Waals surface area contributed by atoms with E-state index in [2.05, 4.69) is 22.1 Å². The minimum Gasteiger partial charge on any atom is -0.390 e. The summed E-state index contributed by atoms with van der Waals surface area (Å²) in [6.07, 6.45) is 7.05. The van der Waals surface area contributed by atoms with E-state index in [1.807, 2.05) is 10.6 Å². The maximum absolute atomic E-state index is 12.2. The summed E-state index contributed by atoms with van der Waals surface area (Å²) >= 11 is 0. The van der Waals surface area contributed by atoms with Crippen molar-refractivity contribution in [1.29, 1.82) is 0 Å². The lowest BCUT2D eigenvalue weighted by Gasteiger charge is -2.31. The number of hydrogen-bond donors (Lipinski definition) is 2. The van der Waals surface area contributed by atoms with Gasteiger partial charge in [0.2, 0.25) is 0 Å². The number of likely N-dealkylation sites (tertiary alicyclic amines) is 1. The van der Waals surface area contributed by atoms with Gasteiger partial charge in [-0.3, -0.25) is 4.79 Å². The fourth-order valence-corrected chi connectivity index (χ4v) is 2.98. The minimum absolute atomic E-state index is 0.167. The average Bonchev–Trinajstić information content (AvgIpc) is 3.02. The number of nitrogens with zero attached hydrogens (tertiary/aromatic N) is 3. The molecule has 6 nitrogen and oxygen atoms in total. The van der Waals surface area contributed by atoms with E-state index in [-0.39, 0.29) is 12.5 Å². The van der Waals surface area contributed by atoms with Gasteiger partial charge in [-0.25, -0.2) is 4.98 Å². The second-order valence-corrected chi connectivity index (χ2v) is 6.49. The van der Waals surface area contributed by atoms with Gasteiger partial charge in [-0.1, -0.05) is 6.92 Å². The van der Waals surface area contributed by atoms with Crippen LogP contribution in [0.4, 0.5) is 0 Å². The number of carbonyl (C=O) groups is 1. The highest BCUT2D eigenvalue weighted by molar-refractivity contribution is 5.95. The number of β-amino-alcohol motifs (C(OH)–C–C–N with tert-alkyl or cyclic N) is 1. The lowest BCUT2D eigenvalue weighted by Crippen LogP contribution is -2.43. The third-order valence-electron chi connectivity index (χ3n) is 4.52. The molecule has 1 aliphatic heterocycles. The smallest absolute Gasteiger partial charge is 0.251 e. The van der Waals surface area contributed by atoms with Gasteiger partial charge in [-0.2, -0.15) is 0 Å². The van der Waals surface area contributed by atoms with Crippen molar-refractivity contribution < 1.29 is 9.90 Å². The predicted octanol–water partition coefficient (Wildman–Crippen LogP) is 1.16. The summed E-state index contributed by atoms with van der Waals surface area (Å²) in [7, 11) is 0. The normalized spacial score (nSPS) is 18.2. The molecule has 2 aromatic heterocycles. The predicted molar refractivity (Wildman–Crippen MR) is 88.4 cm³/mol. The molecule has 23 heavy (non-hydrogen) atoms. The van der Waals surface area contributed by atoms with E-state index in [4.69, 9.17) is 0 Å². The molecule has 0 radical (unpaired) electrons. The van der Waals surface area contributed by atoms with Gasteiger partial charge in [0.15, 0.2) is 0 Å². The molecule has 0 saturated carbocycles. The second-order valence-electron chi connectivity index (χ2n) is 6.49. The minimum atomic E-state index is -0.536. The van der Waals surface area contributed by atoms with E-state index in [1.54, 1.807) is 24.7 Å². The van der Waals surface area contributed by atoms with Crippen molar-refractivity contribution in [1.82, 2.24) is 19.6 Å². The van der Waals surface area contributed by atoms with Crippen molar-refractivity contribution in [2.45, 2.75) is 25.9 Å². The average molecular weight is 316 g/mol. The molecule has 1 unspecified atom stereocenters. The number of rotatable bonds is 5. The summed E-state index contributed by atoms with van der Waals surface area (Å²) in [5.41, 5.74) is 1.46. The Morgan fingerprint density at radius 1 is 1.48 bits per heavy atom. The van der Waals surface area contributed by atoms with Crippen molar-refractivity contribution in [2.24, 2.45) is 5.92 Å². The molecular weight excluding hydrogens is 292 g/mol. The highest BCUT2D eigenvalue weighted by Crippen LogP contribution is 2.15. The topological polar surface area (TPSA) is 69.9 Å². The Morgan fingerprint density at radius 2 is 2.26 bits per heavy atom. The van der Waals surface area contributed by atoms with Gasteiger partial charge in [0.1, 0.15) is 0 Å². The largest absolute Gasteiger partial charge is 0.390 e. The molecule has 3 heterocycles. The number of aliphatic hydroxyl groups is 1. The number of piperidine rings is 1. The second kappa shape index (κ2) is 7.10. The Hall–Kier alpha value is -1.92. The van der Waals surface area contributed by atoms with Crippen LogP contribution in [-0.4, -0.2) is 57.6 Å². The molecule has 2 aromatic rings. The van der Waals surface area contributed by atoms with E-state index in [0.717, 1.165) is 24.5 Å². The number of aliphatic hydroxyl groups excluding tert-OH is 1. The van der Waals surface area contributed by atoms with Crippen LogP contribution in [0.1, 0.15) is 30.1 Å². The van der Waals surface area contributed by atoms with Gasteiger partial charge >= 0.3 is 0 Å². The molecule has 0 spiro atoms. The van der Waals surface area contributed by atoms with Crippen LogP contribution in [0.3, 0.4) is 0 Å². The zero-order valence-electron chi connectivity index (χ0n) is 13.5. The maximum atomic E-state index is 12.2. The lowest BCUT2D eigenvalue weighted by molar-refractivity contribution is 0.0795. The zero-order valence-corrected chi connectivity index (χ0v) is 13.5. The molecule has 2 N–H and O–H groups in total. The summed E-state index contributed by atoms with van der Waals surface area (Å²) in [6, 6.07) is 3.54. The molecule has 1 fully saturated rings. The Labute approximate surface area is 136 Å². The number of hydrogen-bond acceptors (Lipinski definition) is 4. The van der Waals surface area contributed by atoms with Crippen LogP contribution < -0.4 is 5.32 Å². The first-order valence-corrected chi connectivity index (χ1v) is 8.22. The first kappa shape index (κ1) is 16.0. The Bertz CT molecular complexity index is 661. The number of carbonyl (C=O) groups excluding carboxylic acids is 1. The number of imidazole rings is 1. The first-order chi connectivity index (χ1) is 11.1. The number of nitrogens with one attached hydrogen (secondary N) is 1. The Morgan fingerprint density at radius 3 is 3.04 bits per heavy atom. The fourth-order valence-electron chi connectivity index (χ4n) is 2.98. The zero-order chi connectivity index (χ0) is 16.2. The maximum Gasteiger partial charge on any atom is 0.251 e. The molecular formula is C17H24N4O2. The van der Waals surface area contributed by atoms with Gasteiger partial charge in [0, 0.05) is 24.8 Å². The quantitative estimate of drug-likeness (QED) is 0.868. The first-order valence-electron chi connectivity index (χ1n) is 8.22. The van der Waals surface area contributed by atoms with Gasteiger partial charge in [-0.15, -0.1) is 0 Å². The molecule has 1 amide bonds. The van der Waals surface area contributed by atoms with Gasteiger partial charge in [-0.05, 0) is 44.0 Å². The van der Waals surface area contributed by atoms with E-state index in [9.17, 15) is 9.90 Å². The molecule has 0 bridgehead atoms. The number of aromatic nitrogens is 2. The van der Waals surface area contributed by atoms with E-state index in [0.29, 0.717) is 12.1 Å². The van der Waals surface area contributed by atoms with Crippen molar-refractivity contribution in [3.8, 4) is 0 Å². The summed E-state index contributed by atoms with van der Waals surface area (Å²) < 4.78 is 1.85. The third kappa shape index (κ3) is 4.09. The van der Waals surface area contributed by atoms with Gasteiger partial charge in [0.25, 0.3) is 5.91 Å². The number of pyridine rings is 1. The molecule has 0 aliphatic carbocycles. The summed E-state index contributed by atoms with van der Waals surface area (Å²) in [5.74, 6) is 0.613.